The normalized spacial score (nSPS) is 10.7. The molecule has 2 rings (SSSR count). The number of anilines is 2. The van der Waals surface area contributed by atoms with Gasteiger partial charge in [-0.1, -0.05) is 12.1 Å². The van der Waals surface area contributed by atoms with Gasteiger partial charge in [0.15, 0.2) is 0 Å². The van der Waals surface area contributed by atoms with E-state index in [4.69, 9.17) is 9.47 Å². The zero-order valence-electron chi connectivity index (χ0n) is 17.5. The van der Waals surface area contributed by atoms with Gasteiger partial charge in [0.2, 0.25) is 5.91 Å². The molecule has 2 aromatic carbocycles. The molecule has 0 radical (unpaired) electrons. The van der Waals surface area contributed by atoms with E-state index in [2.05, 4.69) is 15.7 Å². The minimum absolute atomic E-state index is 0.0333. The van der Waals surface area contributed by atoms with Gasteiger partial charge in [-0.2, -0.15) is 5.10 Å². The summed E-state index contributed by atoms with van der Waals surface area (Å²) in [7, 11) is 2.85. The van der Waals surface area contributed by atoms with Gasteiger partial charge in [0.05, 0.1) is 31.3 Å². The summed E-state index contributed by atoms with van der Waals surface area (Å²) in [6.07, 6.45) is -0.266. The lowest BCUT2D eigenvalue weighted by Gasteiger charge is -2.11. The second-order valence-corrected chi connectivity index (χ2v) is 6.31. The molecule has 0 atom stereocenters. The maximum absolute atomic E-state index is 12.1. The van der Waals surface area contributed by atoms with Crippen molar-refractivity contribution in [1.29, 1.82) is 0 Å². The molecule has 0 saturated carbocycles. The number of nitrogens with one attached hydrogen (secondary N) is 3. The Hall–Kier alpha value is -4.48. The van der Waals surface area contributed by atoms with Gasteiger partial charge in [0.25, 0.3) is 5.69 Å². The molecule has 12 nitrogen and oxygen atoms in total. The fourth-order valence-corrected chi connectivity index (χ4v) is 2.49. The summed E-state index contributed by atoms with van der Waals surface area (Å²) in [4.78, 5) is 46.7. The third-order valence-electron chi connectivity index (χ3n) is 4.00. The number of nitro groups is 1. The number of carbonyl (C=O) groups is 3. The van der Waals surface area contributed by atoms with Crippen LogP contribution < -0.4 is 25.5 Å². The molecule has 0 fully saturated rings. The highest BCUT2D eigenvalue weighted by atomic mass is 16.6. The molecule has 0 aliphatic heterocycles. The minimum Gasteiger partial charge on any atom is -0.497 e. The van der Waals surface area contributed by atoms with Crippen LogP contribution in [0.5, 0.6) is 11.5 Å². The molecule has 0 unspecified atom stereocenters. The Morgan fingerprint density at radius 2 is 1.72 bits per heavy atom. The standard InChI is InChI=1S/C20H21N5O7/c1-12(10-18(26)21-14-6-4-5-7-16(14)25(29)30)23-24-20(28)19(27)22-15-11-13(31-2)8-9-17(15)32-3/h4-9,11H,10H2,1-3H3,(H,21,26)(H,22,27)(H,24,28). The summed E-state index contributed by atoms with van der Waals surface area (Å²) in [5.74, 6) is -1.91. The summed E-state index contributed by atoms with van der Waals surface area (Å²) in [6, 6.07) is 10.3. The zero-order chi connectivity index (χ0) is 23.7. The number of nitrogens with zero attached hydrogens (tertiary/aromatic N) is 2. The van der Waals surface area contributed by atoms with E-state index in [1.54, 1.807) is 18.2 Å². The van der Waals surface area contributed by atoms with Gasteiger partial charge in [-0.25, -0.2) is 5.43 Å². The van der Waals surface area contributed by atoms with Crippen LogP contribution in [0.15, 0.2) is 47.6 Å². The third-order valence-corrected chi connectivity index (χ3v) is 4.00. The lowest BCUT2D eigenvalue weighted by atomic mass is 10.2. The Bertz CT molecular complexity index is 1070. The maximum Gasteiger partial charge on any atom is 0.329 e. The third kappa shape index (κ3) is 6.52. The second kappa shape index (κ2) is 11.1. The van der Waals surface area contributed by atoms with E-state index >= 15 is 0 Å². The highest BCUT2D eigenvalue weighted by Gasteiger charge is 2.17. The molecule has 0 spiro atoms. The van der Waals surface area contributed by atoms with Crippen LogP contribution in [-0.2, 0) is 14.4 Å². The molecular weight excluding hydrogens is 422 g/mol. The molecule has 12 heteroatoms. The summed E-state index contributed by atoms with van der Waals surface area (Å²) in [5, 5.41) is 19.5. The quantitative estimate of drug-likeness (QED) is 0.243. The number of para-hydroxylation sites is 2. The van der Waals surface area contributed by atoms with Gasteiger partial charge in [-0.05, 0) is 25.1 Å². The topological polar surface area (TPSA) is 161 Å². The van der Waals surface area contributed by atoms with Crippen molar-refractivity contribution in [1.82, 2.24) is 5.43 Å². The Balaban J connectivity index is 1.95. The Labute approximate surface area is 182 Å². The lowest BCUT2D eigenvalue weighted by Crippen LogP contribution is -2.33. The summed E-state index contributed by atoms with van der Waals surface area (Å²) in [6.45, 7) is 1.45. The van der Waals surface area contributed by atoms with Crippen molar-refractivity contribution in [2.75, 3.05) is 24.9 Å². The molecule has 0 aliphatic rings. The first-order chi connectivity index (χ1) is 15.2. The SMILES string of the molecule is COc1ccc(OC)c(NC(=O)C(=O)NN=C(C)CC(=O)Nc2ccccc2[N+](=O)[O-])c1. The number of rotatable bonds is 8. The number of benzene rings is 2. The molecular formula is C20H21N5O7. The van der Waals surface area contributed by atoms with Crippen LogP contribution >= 0.6 is 0 Å². The lowest BCUT2D eigenvalue weighted by molar-refractivity contribution is -0.383. The first-order valence-electron chi connectivity index (χ1n) is 9.15. The van der Waals surface area contributed by atoms with Crippen molar-refractivity contribution in [3.63, 3.8) is 0 Å². The van der Waals surface area contributed by atoms with Crippen LogP contribution in [0, 0.1) is 10.1 Å². The van der Waals surface area contributed by atoms with Crippen molar-refractivity contribution in [3.05, 3.63) is 52.6 Å². The Morgan fingerprint density at radius 3 is 2.38 bits per heavy atom. The van der Waals surface area contributed by atoms with Crippen LogP contribution in [0.25, 0.3) is 0 Å². The second-order valence-electron chi connectivity index (χ2n) is 6.31. The number of hydrogen-bond donors (Lipinski definition) is 3. The fourth-order valence-electron chi connectivity index (χ4n) is 2.49. The molecule has 0 saturated heterocycles. The van der Waals surface area contributed by atoms with E-state index in [0.717, 1.165) is 0 Å². The van der Waals surface area contributed by atoms with Gasteiger partial charge in [0.1, 0.15) is 17.2 Å². The molecule has 32 heavy (non-hydrogen) atoms. The number of ether oxygens (including phenoxy) is 2. The first kappa shape index (κ1) is 23.8. The summed E-state index contributed by atoms with van der Waals surface area (Å²) in [5.41, 5.74) is 2.21. The molecule has 0 heterocycles. The average molecular weight is 443 g/mol. The van der Waals surface area contributed by atoms with E-state index in [-0.39, 0.29) is 29.2 Å². The predicted molar refractivity (Wildman–Crippen MR) is 116 cm³/mol. The summed E-state index contributed by atoms with van der Waals surface area (Å²) >= 11 is 0. The number of amides is 3. The Morgan fingerprint density at radius 1 is 1.00 bits per heavy atom. The van der Waals surface area contributed by atoms with Crippen molar-refractivity contribution < 1.29 is 28.8 Å². The van der Waals surface area contributed by atoms with Gasteiger partial charge in [-0.3, -0.25) is 24.5 Å². The maximum atomic E-state index is 12.1. The molecule has 0 aromatic heterocycles. The smallest absolute Gasteiger partial charge is 0.329 e. The van der Waals surface area contributed by atoms with E-state index in [1.165, 1.54) is 45.4 Å². The number of hydrazone groups is 1. The number of methoxy groups -OCH3 is 2. The molecule has 3 amide bonds. The van der Waals surface area contributed by atoms with Crippen molar-refractivity contribution in [2.45, 2.75) is 13.3 Å². The monoisotopic (exact) mass is 443 g/mol. The van der Waals surface area contributed by atoms with E-state index in [9.17, 15) is 24.5 Å². The number of nitro benzene ring substituents is 1. The zero-order valence-corrected chi connectivity index (χ0v) is 17.5. The minimum atomic E-state index is -1.08. The van der Waals surface area contributed by atoms with Gasteiger partial charge in [0, 0.05) is 17.8 Å². The van der Waals surface area contributed by atoms with Gasteiger partial charge < -0.3 is 20.1 Å². The van der Waals surface area contributed by atoms with E-state index < -0.39 is 22.6 Å². The highest BCUT2D eigenvalue weighted by Crippen LogP contribution is 2.28. The van der Waals surface area contributed by atoms with Crippen molar-refractivity contribution >= 4 is 40.5 Å². The van der Waals surface area contributed by atoms with Crippen molar-refractivity contribution in [3.8, 4) is 11.5 Å². The molecule has 2 aromatic rings. The Kier molecular flexibility index (Phi) is 8.22. The number of hydrogen-bond acceptors (Lipinski definition) is 8. The van der Waals surface area contributed by atoms with Crippen LogP contribution in [0.1, 0.15) is 13.3 Å². The average Bonchev–Trinajstić information content (AvgIpc) is 2.77. The van der Waals surface area contributed by atoms with Crippen LogP contribution in [-0.4, -0.2) is 42.6 Å². The number of carbonyl (C=O) groups excluding carboxylic acids is 3. The summed E-state index contributed by atoms with van der Waals surface area (Å²) < 4.78 is 10.2. The largest absolute Gasteiger partial charge is 0.497 e. The van der Waals surface area contributed by atoms with Crippen molar-refractivity contribution in [2.24, 2.45) is 5.10 Å². The van der Waals surface area contributed by atoms with Gasteiger partial charge >= 0.3 is 11.8 Å². The van der Waals surface area contributed by atoms with Crippen LogP contribution in [0.2, 0.25) is 0 Å². The first-order valence-corrected chi connectivity index (χ1v) is 9.15. The van der Waals surface area contributed by atoms with Crippen LogP contribution in [0.4, 0.5) is 17.1 Å². The molecule has 168 valence electrons. The molecule has 0 aliphatic carbocycles. The fraction of sp³-hybridized carbons (Fsp3) is 0.200. The van der Waals surface area contributed by atoms with E-state index in [1.807, 2.05) is 5.43 Å². The van der Waals surface area contributed by atoms with Crippen LogP contribution in [0.3, 0.4) is 0 Å². The highest BCUT2D eigenvalue weighted by molar-refractivity contribution is 6.39. The van der Waals surface area contributed by atoms with E-state index in [0.29, 0.717) is 11.5 Å². The molecule has 0 bridgehead atoms. The molecule has 3 N–H and O–H groups in total. The van der Waals surface area contributed by atoms with Gasteiger partial charge in [-0.15, -0.1) is 0 Å². The predicted octanol–water partition coefficient (Wildman–Crippen LogP) is 2.07.